The van der Waals surface area contributed by atoms with E-state index in [1.54, 1.807) is 0 Å². The number of ether oxygens (including phenoxy) is 2. The van der Waals surface area contributed by atoms with E-state index in [0.717, 1.165) is 25.7 Å². The first-order chi connectivity index (χ1) is 19.2. The SMILES string of the molecule is CC(=O)O[C@@H]1CC[C@@]2(C)C(CC[C@]3(C)C2C(=O)C=C2C4[C@@H](C)CCC[C@]4(C)CC[C@]23C)[C@@]1(C)C(=O)N1CCOCC1. The van der Waals surface area contributed by atoms with Gasteiger partial charge in [-0.2, -0.15) is 0 Å². The molecule has 1 heterocycles. The standard InChI is InChI=1S/C35H53NO5/c1-22-9-8-12-31(3)15-16-33(5)24(28(22)31)21-25(38)29-32(4)13-11-27(41-23(2)37)35(7,26(32)10-14-34(29,33)6)30(39)36-17-19-40-20-18-36/h21-22,26-29H,8-20H2,1-7H3/t22-,26?,27+,28?,29?,31+,32-,33+,34+,35+/m0/s1. The molecule has 1 saturated heterocycles. The van der Waals surface area contributed by atoms with E-state index < -0.39 is 11.5 Å². The topological polar surface area (TPSA) is 72.9 Å². The van der Waals surface area contributed by atoms with Crippen molar-refractivity contribution in [3.63, 3.8) is 0 Å². The summed E-state index contributed by atoms with van der Waals surface area (Å²) in [6.07, 6.45) is 11.0. The molecule has 6 aliphatic rings. The Bertz CT molecular complexity index is 1160. The highest BCUT2D eigenvalue weighted by Gasteiger charge is 2.72. The first kappa shape index (κ1) is 29.4. The second kappa shape index (κ2) is 9.66. The highest BCUT2D eigenvalue weighted by molar-refractivity contribution is 5.96. The zero-order valence-electron chi connectivity index (χ0n) is 26.6. The molecule has 4 saturated carbocycles. The minimum atomic E-state index is -0.870. The summed E-state index contributed by atoms with van der Waals surface area (Å²) in [4.78, 5) is 43.4. The lowest BCUT2D eigenvalue weighted by Gasteiger charge is -2.70. The molecule has 3 unspecified atom stereocenters. The van der Waals surface area contributed by atoms with E-state index in [1.807, 2.05) is 4.90 Å². The summed E-state index contributed by atoms with van der Waals surface area (Å²) in [6, 6.07) is 0. The average molecular weight is 568 g/mol. The molecule has 0 aromatic carbocycles. The fourth-order valence-corrected chi connectivity index (χ4v) is 12.0. The molecule has 10 atom stereocenters. The molecular formula is C35H53NO5. The van der Waals surface area contributed by atoms with Gasteiger partial charge in [-0.1, -0.05) is 53.0 Å². The predicted octanol–water partition coefficient (Wildman–Crippen LogP) is 6.37. The van der Waals surface area contributed by atoms with Gasteiger partial charge in [0.25, 0.3) is 0 Å². The van der Waals surface area contributed by atoms with Gasteiger partial charge in [-0.15, -0.1) is 0 Å². The highest BCUT2D eigenvalue weighted by atomic mass is 16.5. The van der Waals surface area contributed by atoms with E-state index in [9.17, 15) is 14.4 Å². The third-order valence-electron chi connectivity index (χ3n) is 14.2. The van der Waals surface area contributed by atoms with E-state index in [0.29, 0.717) is 55.8 Å². The van der Waals surface area contributed by atoms with Crippen molar-refractivity contribution in [2.45, 2.75) is 112 Å². The Balaban J connectivity index is 1.44. The quantitative estimate of drug-likeness (QED) is 0.363. The van der Waals surface area contributed by atoms with E-state index in [2.05, 4.69) is 47.6 Å². The Morgan fingerprint density at radius 3 is 2.34 bits per heavy atom. The van der Waals surface area contributed by atoms with Crippen molar-refractivity contribution in [1.82, 2.24) is 4.90 Å². The van der Waals surface area contributed by atoms with Crippen LogP contribution in [0.25, 0.3) is 0 Å². The van der Waals surface area contributed by atoms with Crippen LogP contribution in [0, 0.1) is 50.7 Å². The Kier molecular flexibility index (Phi) is 6.92. The minimum Gasteiger partial charge on any atom is -0.461 e. The first-order valence-electron chi connectivity index (χ1n) is 16.5. The van der Waals surface area contributed by atoms with Crippen molar-refractivity contribution < 1.29 is 23.9 Å². The van der Waals surface area contributed by atoms with Gasteiger partial charge in [-0.05, 0) is 97.4 Å². The van der Waals surface area contributed by atoms with Crippen LogP contribution in [0.4, 0.5) is 0 Å². The second-order valence-corrected chi connectivity index (χ2v) is 16.1. The Hall–Kier alpha value is -1.69. The van der Waals surface area contributed by atoms with Gasteiger partial charge < -0.3 is 14.4 Å². The first-order valence-corrected chi connectivity index (χ1v) is 16.5. The number of hydrogen-bond acceptors (Lipinski definition) is 5. The van der Waals surface area contributed by atoms with Crippen molar-refractivity contribution >= 4 is 17.7 Å². The number of allylic oxidation sites excluding steroid dienone is 2. The van der Waals surface area contributed by atoms with Crippen LogP contribution in [0.5, 0.6) is 0 Å². The molecule has 6 rings (SSSR count). The summed E-state index contributed by atoms with van der Waals surface area (Å²) >= 11 is 0. The maximum atomic E-state index is 14.6. The number of carbonyl (C=O) groups is 3. The van der Waals surface area contributed by atoms with Crippen LogP contribution in [0.1, 0.15) is 106 Å². The van der Waals surface area contributed by atoms with Crippen LogP contribution in [0.15, 0.2) is 11.6 Å². The van der Waals surface area contributed by atoms with Gasteiger partial charge in [0.1, 0.15) is 6.10 Å². The molecule has 228 valence electrons. The Morgan fingerprint density at radius 2 is 1.66 bits per heavy atom. The van der Waals surface area contributed by atoms with Crippen molar-refractivity contribution in [2.24, 2.45) is 50.7 Å². The minimum absolute atomic E-state index is 0.0211. The molecule has 1 aliphatic heterocycles. The zero-order chi connectivity index (χ0) is 29.6. The van der Waals surface area contributed by atoms with Crippen LogP contribution in [0.3, 0.4) is 0 Å². The monoisotopic (exact) mass is 567 g/mol. The number of morpholine rings is 1. The Morgan fingerprint density at radius 1 is 0.951 bits per heavy atom. The number of hydrogen-bond donors (Lipinski definition) is 0. The van der Waals surface area contributed by atoms with Crippen LogP contribution in [0.2, 0.25) is 0 Å². The predicted molar refractivity (Wildman–Crippen MR) is 158 cm³/mol. The molecule has 0 aromatic heterocycles. The number of ketones is 1. The van der Waals surface area contributed by atoms with Crippen LogP contribution in [-0.4, -0.2) is 55.0 Å². The number of fused-ring (bicyclic) bond motifs is 7. The average Bonchev–Trinajstić information content (AvgIpc) is 2.91. The summed E-state index contributed by atoms with van der Waals surface area (Å²) in [5, 5.41) is 0. The number of esters is 1. The molecule has 0 bridgehead atoms. The smallest absolute Gasteiger partial charge is 0.302 e. The number of carbonyl (C=O) groups excluding carboxylic acids is 3. The largest absolute Gasteiger partial charge is 0.461 e. The van der Waals surface area contributed by atoms with E-state index >= 15 is 0 Å². The molecule has 6 heteroatoms. The van der Waals surface area contributed by atoms with E-state index in [1.165, 1.54) is 38.2 Å². The normalized spacial score (nSPS) is 49.5. The highest BCUT2D eigenvalue weighted by Crippen LogP contribution is 2.75. The summed E-state index contributed by atoms with van der Waals surface area (Å²) < 4.78 is 11.5. The van der Waals surface area contributed by atoms with Crippen molar-refractivity contribution in [3.8, 4) is 0 Å². The fraction of sp³-hybridized carbons (Fsp3) is 0.857. The second-order valence-electron chi connectivity index (χ2n) is 16.1. The molecule has 0 N–H and O–H groups in total. The van der Waals surface area contributed by atoms with Crippen LogP contribution < -0.4 is 0 Å². The molecule has 6 nitrogen and oxygen atoms in total. The van der Waals surface area contributed by atoms with Gasteiger partial charge in [-0.3, -0.25) is 14.4 Å². The lowest BCUT2D eigenvalue weighted by molar-refractivity contribution is -0.218. The molecular weight excluding hydrogens is 514 g/mol. The summed E-state index contributed by atoms with van der Waals surface area (Å²) in [6.45, 7) is 17.8. The number of nitrogens with zero attached hydrogens (tertiary/aromatic N) is 1. The summed E-state index contributed by atoms with van der Waals surface area (Å²) in [5.41, 5.74) is 0.345. The molecule has 41 heavy (non-hydrogen) atoms. The van der Waals surface area contributed by atoms with Gasteiger partial charge in [0.05, 0.1) is 18.6 Å². The lowest BCUT2D eigenvalue weighted by atomic mass is 9.33. The maximum absolute atomic E-state index is 14.6. The lowest BCUT2D eigenvalue weighted by Crippen LogP contribution is -2.69. The third-order valence-corrected chi connectivity index (χ3v) is 14.2. The van der Waals surface area contributed by atoms with Crippen LogP contribution in [-0.2, 0) is 23.9 Å². The summed E-state index contributed by atoms with van der Waals surface area (Å²) in [5.74, 6) is 0.944. The van der Waals surface area contributed by atoms with Crippen molar-refractivity contribution in [1.29, 1.82) is 0 Å². The zero-order valence-corrected chi connectivity index (χ0v) is 26.6. The molecule has 5 fully saturated rings. The van der Waals surface area contributed by atoms with Crippen molar-refractivity contribution in [3.05, 3.63) is 11.6 Å². The van der Waals surface area contributed by atoms with Gasteiger partial charge >= 0.3 is 5.97 Å². The molecule has 0 radical (unpaired) electrons. The van der Waals surface area contributed by atoms with E-state index in [-0.39, 0.29) is 40.0 Å². The van der Waals surface area contributed by atoms with Gasteiger partial charge in [0.15, 0.2) is 5.78 Å². The third kappa shape index (κ3) is 3.93. The van der Waals surface area contributed by atoms with Crippen molar-refractivity contribution in [2.75, 3.05) is 26.3 Å². The molecule has 0 aromatic rings. The molecule has 5 aliphatic carbocycles. The van der Waals surface area contributed by atoms with Gasteiger partial charge in [-0.25, -0.2) is 0 Å². The Labute approximate surface area is 247 Å². The number of rotatable bonds is 2. The molecule has 1 amide bonds. The maximum Gasteiger partial charge on any atom is 0.302 e. The van der Waals surface area contributed by atoms with Gasteiger partial charge in [0.2, 0.25) is 5.91 Å². The van der Waals surface area contributed by atoms with Crippen LogP contribution >= 0.6 is 0 Å². The molecule has 0 spiro atoms. The number of amides is 1. The summed E-state index contributed by atoms with van der Waals surface area (Å²) in [7, 11) is 0. The van der Waals surface area contributed by atoms with E-state index in [4.69, 9.17) is 9.47 Å². The van der Waals surface area contributed by atoms with Gasteiger partial charge in [0, 0.05) is 25.9 Å². The fourth-order valence-electron chi connectivity index (χ4n) is 12.0.